The molecule has 0 spiro atoms. The van der Waals surface area contributed by atoms with E-state index < -0.39 is 5.91 Å². The Bertz CT molecular complexity index is 1290. The average molecular weight is 444 g/mol. The zero-order chi connectivity index (χ0) is 22.5. The van der Waals surface area contributed by atoms with Gasteiger partial charge >= 0.3 is 0 Å². The molecule has 7 heteroatoms. The summed E-state index contributed by atoms with van der Waals surface area (Å²) in [7, 11) is 0. The molecule has 0 saturated heterocycles. The lowest BCUT2D eigenvalue weighted by atomic mass is 10.0. The van der Waals surface area contributed by atoms with Crippen molar-refractivity contribution in [1.82, 2.24) is 10.3 Å². The summed E-state index contributed by atoms with van der Waals surface area (Å²) in [6, 6.07) is 23.0. The van der Waals surface area contributed by atoms with E-state index in [0.717, 1.165) is 33.2 Å². The predicted octanol–water partition coefficient (Wildman–Crippen LogP) is 4.46. The molecule has 160 valence electrons. The molecule has 0 aliphatic carbocycles. The fraction of sp³-hybridized carbons (Fsp3) is 0.120. The lowest BCUT2D eigenvalue weighted by Crippen LogP contribution is -2.33. The summed E-state index contributed by atoms with van der Waals surface area (Å²) >= 11 is 1.12. The number of carbonyl (C=O) groups excluding carboxylic acids is 3. The van der Waals surface area contributed by atoms with Gasteiger partial charge < -0.3 is 10.6 Å². The van der Waals surface area contributed by atoms with E-state index >= 15 is 0 Å². The van der Waals surface area contributed by atoms with Gasteiger partial charge in [-0.25, -0.2) is 4.98 Å². The van der Waals surface area contributed by atoms with E-state index in [0.29, 0.717) is 15.7 Å². The number of aromatic nitrogens is 1. The zero-order valence-electron chi connectivity index (χ0n) is 17.4. The molecule has 0 bridgehead atoms. The molecule has 0 saturated carbocycles. The predicted molar refractivity (Wildman–Crippen MR) is 127 cm³/mol. The van der Waals surface area contributed by atoms with Crippen LogP contribution in [0.15, 0.2) is 72.8 Å². The summed E-state index contributed by atoms with van der Waals surface area (Å²) in [5.74, 6) is -0.769. The number of hydrogen-bond donors (Lipinski definition) is 2. The van der Waals surface area contributed by atoms with Crippen LogP contribution < -0.4 is 10.6 Å². The van der Waals surface area contributed by atoms with Crippen molar-refractivity contribution in [2.24, 2.45) is 0 Å². The van der Waals surface area contributed by atoms with Gasteiger partial charge in [0.15, 0.2) is 10.9 Å². The summed E-state index contributed by atoms with van der Waals surface area (Å²) in [4.78, 5) is 41.7. The third kappa shape index (κ3) is 4.90. The Morgan fingerprint density at radius 2 is 1.59 bits per heavy atom. The number of thiazole rings is 1. The second kappa shape index (κ2) is 9.53. The average Bonchev–Trinajstić information content (AvgIpc) is 3.23. The molecule has 4 rings (SSSR count). The molecular formula is C25H21N3O3S. The van der Waals surface area contributed by atoms with Gasteiger partial charge in [-0.2, -0.15) is 0 Å². The highest BCUT2D eigenvalue weighted by Crippen LogP contribution is 2.31. The normalized spacial score (nSPS) is 10.7. The molecule has 32 heavy (non-hydrogen) atoms. The van der Waals surface area contributed by atoms with Crippen molar-refractivity contribution < 1.29 is 14.4 Å². The molecule has 0 atom stereocenters. The maximum atomic E-state index is 12.4. The molecular weight excluding hydrogens is 422 g/mol. The summed E-state index contributed by atoms with van der Waals surface area (Å²) in [5, 5.41) is 7.73. The Labute approximate surface area is 189 Å². The van der Waals surface area contributed by atoms with Gasteiger partial charge in [0.1, 0.15) is 0 Å². The maximum absolute atomic E-state index is 12.4. The van der Waals surface area contributed by atoms with Crippen LogP contribution in [0.3, 0.4) is 0 Å². The number of nitrogens with zero attached hydrogens (tertiary/aromatic N) is 1. The minimum atomic E-state index is -0.403. The number of rotatable bonds is 7. The number of hydrogen-bond acceptors (Lipinski definition) is 5. The Kier molecular flexibility index (Phi) is 6.37. The van der Waals surface area contributed by atoms with Crippen LogP contribution in [0.1, 0.15) is 22.2 Å². The molecule has 6 nitrogen and oxygen atoms in total. The number of nitrogens with one attached hydrogen (secondary N) is 2. The summed E-state index contributed by atoms with van der Waals surface area (Å²) in [5.41, 5.74) is 2.25. The van der Waals surface area contributed by atoms with E-state index in [-0.39, 0.29) is 24.7 Å². The van der Waals surface area contributed by atoms with Gasteiger partial charge in [-0.05, 0) is 16.3 Å². The monoisotopic (exact) mass is 443 g/mol. The molecule has 0 fully saturated rings. The van der Waals surface area contributed by atoms with Gasteiger partial charge in [0, 0.05) is 12.5 Å². The van der Waals surface area contributed by atoms with Crippen molar-refractivity contribution in [2.75, 3.05) is 11.9 Å². The fourth-order valence-electron chi connectivity index (χ4n) is 3.43. The summed E-state index contributed by atoms with van der Waals surface area (Å²) in [6.07, 6.45) is 0.179. The second-order valence-corrected chi connectivity index (χ2v) is 8.26. The first-order valence-corrected chi connectivity index (χ1v) is 10.9. The van der Waals surface area contributed by atoms with E-state index in [1.165, 1.54) is 6.92 Å². The third-order valence-electron chi connectivity index (χ3n) is 4.92. The molecule has 0 aliphatic heterocycles. The molecule has 2 amide bonds. The van der Waals surface area contributed by atoms with Crippen LogP contribution in [0.25, 0.3) is 22.0 Å². The zero-order valence-corrected chi connectivity index (χ0v) is 18.2. The Morgan fingerprint density at radius 1 is 0.875 bits per heavy atom. The molecule has 2 N–H and O–H groups in total. The van der Waals surface area contributed by atoms with Crippen LogP contribution in [0.5, 0.6) is 0 Å². The van der Waals surface area contributed by atoms with E-state index in [9.17, 15) is 14.4 Å². The number of Topliss-reactive ketones (excluding diaryl/α,β-unsaturated/α-hetero) is 1. The lowest BCUT2D eigenvalue weighted by molar-refractivity contribution is -0.123. The highest BCUT2D eigenvalue weighted by Gasteiger charge is 2.18. The van der Waals surface area contributed by atoms with Crippen molar-refractivity contribution in [3.8, 4) is 11.3 Å². The van der Waals surface area contributed by atoms with E-state index in [2.05, 4.69) is 15.6 Å². The number of ketones is 1. The second-order valence-electron chi connectivity index (χ2n) is 7.26. The van der Waals surface area contributed by atoms with E-state index in [4.69, 9.17) is 0 Å². The van der Waals surface area contributed by atoms with Crippen molar-refractivity contribution in [3.63, 3.8) is 0 Å². The van der Waals surface area contributed by atoms with Crippen molar-refractivity contribution in [3.05, 3.63) is 83.2 Å². The van der Waals surface area contributed by atoms with E-state index in [1.54, 1.807) is 0 Å². The number of benzene rings is 3. The minimum absolute atomic E-state index is 0.120. The Hall–Kier alpha value is -3.84. The Morgan fingerprint density at radius 3 is 2.38 bits per heavy atom. The number of carbonyl (C=O) groups is 3. The van der Waals surface area contributed by atoms with Crippen molar-refractivity contribution in [2.45, 2.75) is 13.3 Å². The first-order chi connectivity index (χ1) is 15.5. The largest absolute Gasteiger partial charge is 0.347 e. The first kappa shape index (κ1) is 21.4. The number of amides is 2. The molecule has 3 aromatic carbocycles. The van der Waals surface area contributed by atoms with Crippen LogP contribution >= 0.6 is 11.3 Å². The van der Waals surface area contributed by atoms with Crippen molar-refractivity contribution in [1.29, 1.82) is 0 Å². The standard InChI is InChI=1S/C25H21N3O3S/c1-16(29)24-23(18-9-3-2-4-10-18)28-25(32-24)27-22(31)15-26-21(30)14-19-12-7-11-17-8-5-6-13-20(17)19/h2-13H,14-15H2,1H3,(H,26,30)(H,27,28,31). The van der Waals surface area contributed by atoms with Crippen molar-refractivity contribution >= 4 is 44.8 Å². The quantitative estimate of drug-likeness (QED) is 0.413. The molecule has 0 radical (unpaired) electrons. The topological polar surface area (TPSA) is 88.2 Å². The van der Waals surface area contributed by atoms with Gasteiger partial charge in [-0.15, -0.1) is 0 Å². The Balaban J connectivity index is 1.39. The molecule has 1 heterocycles. The smallest absolute Gasteiger partial charge is 0.245 e. The van der Waals surface area contributed by atoms with Crippen LogP contribution in [-0.4, -0.2) is 29.1 Å². The number of anilines is 1. The molecule has 0 aliphatic rings. The lowest BCUT2D eigenvalue weighted by Gasteiger charge is -2.08. The SMILES string of the molecule is CC(=O)c1sc(NC(=O)CNC(=O)Cc2cccc3ccccc23)nc1-c1ccccc1. The van der Waals surface area contributed by atoms with E-state index in [1.807, 2.05) is 72.8 Å². The highest BCUT2D eigenvalue weighted by atomic mass is 32.1. The molecule has 1 aromatic heterocycles. The summed E-state index contributed by atoms with van der Waals surface area (Å²) in [6.45, 7) is 1.29. The summed E-state index contributed by atoms with van der Waals surface area (Å²) < 4.78 is 0. The fourth-order valence-corrected chi connectivity index (χ4v) is 4.33. The van der Waals surface area contributed by atoms with Gasteiger partial charge in [0.25, 0.3) is 0 Å². The maximum Gasteiger partial charge on any atom is 0.245 e. The van der Waals surface area contributed by atoms with Gasteiger partial charge in [-0.3, -0.25) is 14.4 Å². The van der Waals surface area contributed by atoms with Crippen LogP contribution in [0.4, 0.5) is 5.13 Å². The van der Waals surface area contributed by atoms with Gasteiger partial charge in [-0.1, -0.05) is 84.1 Å². The molecule has 4 aromatic rings. The van der Waals surface area contributed by atoms with Gasteiger partial charge in [0.2, 0.25) is 11.8 Å². The van der Waals surface area contributed by atoms with Crippen LogP contribution in [0, 0.1) is 0 Å². The highest BCUT2D eigenvalue weighted by molar-refractivity contribution is 7.18. The van der Waals surface area contributed by atoms with Crippen LogP contribution in [-0.2, 0) is 16.0 Å². The van der Waals surface area contributed by atoms with Crippen LogP contribution in [0.2, 0.25) is 0 Å². The minimum Gasteiger partial charge on any atom is -0.347 e. The molecule has 0 unspecified atom stereocenters. The van der Waals surface area contributed by atoms with Gasteiger partial charge in [0.05, 0.1) is 23.5 Å². The number of fused-ring (bicyclic) bond motifs is 1. The third-order valence-corrected chi connectivity index (χ3v) is 5.99. The first-order valence-electron chi connectivity index (χ1n) is 10.1.